The topological polar surface area (TPSA) is 42.2 Å². The third-order valence-corrected chi connectivity index (χ3v) is 3.04. The molecule has 1 aromatic heterocycles. The zero-order valence-corrected chi connectivity index (χ0v) is 11.2. The Labute approximate surface area is 109 Å². The summed E-state index contributed by atoms with van der Waals surface area (Å²) in [4.78, 5) is 6.21. The number of hydrogen-bond donors (Lipinski definition) is 1. The number of aromatic nitrogens is 1. The van der Waals surface area contributed by atoms with Crippen LogP contribution in [0.1, 0.15) is 5.56 Å². The lowest BCUT2D eigenvalue weighted by Crippen LogP contribution is -2.17. The van der Waals surface area contributed by atoms with Crippen LogP contribution in [0.3, 0.4) is 0 Å². The zero-order chi connectivity index (χ0) is 12.3. The van der Waals surface area contributed by atoms with Crippen molar-refractivity contribution in [3.8, 4) is 0 Å². The third kappa shape index (κ3) is 2.97. The van der Waals surface area contributed by atoms with Gasteiger partial charge in [-0.05, 0) is 29.8 Å². The molecule has 0 aliphatic heterocycles. The van der Waals surface area contributed by atoms with Crippen LogP contribution in [0.5, 0.6) is 0 Å². The van der Waals surface area contributed by atoms with Crippen LogP contribution < -0.4 is 10.6 Å². The summed E-state index contributed by atoms with van der Waals surface area (Å²) >= 11 is 3.46. The molecule has 0 fully saturated rings. The average molecular weight is 292 g/mol. The van der Waals surface area contributed by atoms with Crippen molar-refractivity contribution in [2.24, 2.45) is 0 Å². The van der Waals surface area contributed by atoms with Gasteiger partial charge in [0.2, 0.25) is 0 Å². The van der Waals surface area contributed by atoms with Gasteiger partial charge in [-0.3, -0.25) is 4.98 Å². The van der Waals surface area contributed by atoms with Crippen LogP contribution in [-0.2, 0) is 6.54 Å². The van der Waals surface area contributed by atoms with Gasteiger partial charge in [0.25, 0.3) is 0 Å². The Balaban J connectivity index is 2.20. The minimum atomic E-state index is 0.777. The second kappa shape index (κ2) is 5.19. The SMILES string of the molecule is CN(Cc1cccnc1)c1cc(Br)ccc1N. The van der Waals surface area contributed by atoms with Crippen LogP contribution in [0.15, 0.2) is 47.2 Å². The van der Waals surface area contributed by atoms with E-state index in [1.54, 1.807) is 6.20 Å². The Hall–Kier alpha value is -1.55. The van der Waals surface area contributed by atoms with Gasteiger partial charge in [-0.1, -0.05) is 22.0 Å². The van der Waals surface area contributed by atoms with Gasteiger partial charge >= 0.3 is 0 Å². The molecule has 3 nitrogen and oxygen atoms in total. The van der Waals surface area contributed by atoms with Gasteiger partial charge in [0.15, 0.2) is 0 Å². The number of hydrogen-bond acceptors (Lipinski definition) is 3. The van der Waals surface area contributed by atoms with E-state index in [0.717, 1.165) is 28.0 Å². The first-order chi connectivity index (χ1) is 8.16. The lowest BCUT2D eigenvalue weighted by molar-refractivity contribution is 0.916. The Bertz CT molecular complexity index is 499. The van der Waals surface area contributed by atoms with Gasteiger partial charge in [-0.25, -0.2) is 0 Å². The van der Waals surface area contributed by atoms with Gasteiger partial charge in [-0.2, -0.15) is 0 Å². The molecule has 17 heavy (non-hydrogen) atoms. The number of nitrogens with two attached hydrogens (primary N) is 1. The van der Waals surface area contributed by atoms with Crippen molar-refractivity contribution in [2.75, 3.05) is 17.7 Å². The molecule has 0 aliphatic rings. The summed E-state index contributed by atoms with van der Waals surface area (Å²) in [7, 11) is 2.02. The highest BCUT2D eigenvalue weighted by Crippen LogP contribution is 2.27. The molecule has 0 saturated heterocycles. The molecule has 0 aliphatic carbocycles. The second-order valence-corrected chi connectivity index (χ2v) is 4.84. The fourth-order valence-electron chi connectivity index (χ4n) is 1.70. The van der Waals surface area contributed by atoms with Crippen LogP contribution in [-0.4, -0.2) is 12.0 Å². The molecule has 0 amide bonds. The maximum atomic E-state index is 5.97. The second-order valence-electron chi connectivity index (χ2n) is 3.92. The molecule has 2 aromatic rings. The molecule has 1 heterocycles. The highest BCUT2D eigenvalue weighted by Gasteiger charge is 2.06. The predicted octanol–water partition coefficient (Wildman–Crippen LogP) is 3.06. The third-order valence-electron chi connectivity index (χ3n) is 2.55. The summed E-state index contributed by atoms with van der Waals surface area (Å²) in [6.45, 7) is 0.786. The molecule has 2 N–H and O–H groups in total. The van der Waals surface area contributed by atoms with E-state index in [1.807, 2.05) is 37.5 Å². The Kier molecular flexibility index (Phi) is 3.64. The lowest BCUT2D eigenvalue weighted by atomic mass is 10.2. The molecule has 4 heteroatoms. The summed E-state index contributed by atoms with van der Waals surface area (Å²) in [6.07, 6.45) is 3.64. The number of pyridine rings is 1. The number of nitrogen functional groups attached to an aromatic ring is 1. The molecule has 0 saturated carbocycles. The summed E-state index contributed by atoms with van der Waals surface area (Å²) in [5, 5.41) is 0. The van der Waals surface area contributed by atoms with E-state index in [9.17, 15) is 0 Å². The van der Waals surface area contributed by atoms with Gasteiger partial charge < -0.3 is 10.6 Å². The maximum Gasteiger partial charge on any atom is 0.0611 e. The van der Waals surface area contributed by atoms with Crippen LogP contribution >= 0.6 is 15.9 Å². The molecule has 0 atom stereocenters. The van der Waals surface area contributed by atoms with Crippen LogP contribution in [0.4, 0.5) is 11.4 Å². The summed E-state index contributed by atoms with van der Waals surface area (Å²) in [5.74, 6) is 0. The van der Waals surface area contributed by atoms with Crippen LogP contribution in [0, 0.1) is 0 Å². The van der Waals surface area contributed by atoms with Crippen molar-refractivity contribution in [3.05, 3.63) is 52.8 Å². The molecular weight excluding hydrogens is 278 g/mol. The van der Waals surface area contributed by atoms with E-state index in [2.05, 4.69) is 31.9 Å². The number of benzene rings is 1. The van der Waals surface area contributed by atoms with Crippen LogP contribution in [0.2, 0.25) is 0 Å². The zero-order valence-electron chi connectivity index (χ0n) is 9.60. The molecule has 2 rings (SSSR count). The number of halogens is 1. The summed E-state index contributed by atoms with van der Waals surface area (Å²) in [6, 6.07) is 9.85. The molecule has 88 valence electrons. The Morgan fingerprint density at radius 3 is 2.88 bits per heavy atom. The van der Waals surface area contributed by atoms with Gasteiger partial charge in [0.1, 0.15) is 0 Å². The normalized spacial score (nSPS) is 10.2. The van der Waals surface area contributed by atoms with Crippen molar-refractivity contribution in [3.63, 3.8) is 0 Å². The average Bonchev–Trinajstić information content (AvgIpc) is 2.33. The van der Waals surface area contributed by atoms with Gasteiger partial charge in [0, 0.05) is 30.5 Å². The first-order valence-corrected chi connectivity index (χ1v) is 6.11. The van der Waals surface area contributed by atoms with Crippen molar-refractivity contribution in [2.45, 2.75) is 6.54 Å². The molecule has 0 spiro atoms. The fraction of sp³-hybridized carbons (Fsp3) is 0.154. The maximum absolute atomic E-state index is 5.97. The lowest BCUT2D eigenvalue weighted by Gasteiger charge is -2.21. The van der Waals surface area contributed by atoms with Crippen molar-refractivity contribution in [1.29, 1.82) is 0 Å². The highest BCUT2D eigenvalue weighted by molar-refractivity contribution is 9.10. The minimum absolute atomic E-state index is 0.777. The Morgan fingerprint density at radius 2 is 2.18 bits per heavy atom. The monoisotopic (exact) mass is 291 g/mol. The van der Waals surface area contributed by atoms with E-state index in [1.165, 1.54) is 0 Å². The standard InChI is InChI=1S/C13H14BrN3/c1-17(9-10-3-2-6-16-8-10)13-7-11(14)4-5-12(13)15/h2-8H,9,15H2,1H3. The van der Waals surface area contributed by atoms with Crippen molar-refractivity contribution >= 4 is 27.3 Å². The quantitative estimate of drug-likeness (QED) is 0.884. The van der Waals surface area contributed by atoms with Crippen molar-refractivity contribution in [1.82, 2.24) is 4.98 Å². The van der Waals surface area contributed by atoms with Crippen molar-refractivity contribution < 1.29 is 0 Å². The fourth-order valence-corrected chi connectivity index (χ4v) is 2.05. The van der Waals surface area contributed by atoms with E-state index < -0.39 is 0 Å². The minimum Gasteiger partial charge on any atom is -0.397 e. The molecule has 0 bridgehead atoms. The van der Waals surface area contributed by atoms with E-state index >= 15 is 0 Å². The largest absolute Gasteiger partial charge is 0.397 e. The van der Waals surface area contributed by atoms with E-state index in [0.29, 0.717) is 0 Å². The summed E-state index contributed by atoms with van der Waals surface area (Å²) in [5.41, 5.74) is 8.92. The predicted molar refractivity (Wildman–Crippen MR) is 74.9 cm³/mol. The smallest absolute Gasteiger partial charge is 0.0611 e. The first-order valence-electron chi connectivity index (χ1n) is 5.32. The molecule has 0 radical (unpaired) electrons. The Morgan fingerprint density at radius 1 is 1.35 bits per heavy atom. The molecular formula is C13H14BrN3. The highest BCUT2D eigenvalue weighted by atomic mass is 79.9. The molecule has 0 unspecified atom stereocenters. The van der Waals surface area contributed by atoms with Crippen LogP contribution in [0.25, 0.3) is 0 Å². The number of anilines is 2. The number of rotatable bonds is 3. The van der Waals surface area contributed by atoms with Gasteiger partial charge in [-0.15, -0.1) is 0 Å². The van der Waals surface area contributed by atoms with E-state index in [4.69, 9.17) is 5.73 Å². The summed E-state index contributed by atoms with van der Waals surface area (Å²) < 4.78 is 1.03. The van der Waals surface area contributed by atoms with Gasteiger partial charge in [0.05, 0.1) is 11.4 Å². The molecule has 1 aromatic carbocycles. The van der Waals surface area contributed by atoms with E-state index in [-0.39, 0.29) is 0 Å². The number of nitrogens with zero attached hydrogens (tertiary/aromatic N) is 2. The first kappa shape index (κ1) is 11.9.